The molecule has 0 atom stereocenters. The monoisotopic (exact) mass is 148 g/mol. The Labute approximate surface area is 57.2 Å². The van der Waals surface area contributed by atoms with E-state index in [1.54, 1.807) is 0 Å². The highest BCUT2D eigenvalue weighted by Gasteiger charge is 2.38. The highest BCUT2D eigenvalue weighted by atomic mass is 17.1. The van der Waals surface area contributed by atoms with Crippen molar-refractivity contribution in [2.75, 3.05) is 0 Å². The molecule has 0 radical (unpaired) electrons. The van der Waals surface area contributed by atoms with E-state index in [0.29, 0.717) is 0 Å². The Balaban J connectivity index is 4.40. The van der Waals surface area contributed by atoms with Gasteiger partial charge in [-0.25, -0.2) is 4.79 Å². The SMILES string of the molecule is CC(C)(C(=O)O)C(=O)OO. The summed E-state index contributed by atoms with van der Waals surface area (Å²) < 4.78 is 0. The maximum Gasteiger partial charge on any atom is 0.358 e. The first kappa shape index (κ1) is 8.90. The summed E-state index contributed by atoms with van der Waals surface area (Å²) in [6.45, 7) is 2.27. The number of aliphatic carboxylic acids is 1. The number of hydrogen-bond acceptors (Lipinski definition) is 4. The summed E-state index contributed by atoms with van der Waals surface area (Å²) in [6.07, 6.45) is 0. The second-order valence-electron chi connectivity index (χ2n) is 2.31. The molecule has 0 aliphatic carbocycles. The van der Waals surface area contributed by atoms with E-state index in [4.69, 9.17) is 10.4 Å². The highest BCUT2D eigenvalue weighted by Crippen LogP contribution is 2.16. The largest absolute Gasteiger partial charge is 0.480 e. The van der Waals surface area contributed by atoms with Crippen LogP contribution in [0.2, 0.25) is 0 Å². The van der Waals surface area contributed by atoms with Crippen molar-refractivity contribution < 1.29 is 24.8 Å². The summed E-state index contributed by atoms with van der Waals surface area (Å²) in [5, 5.41) is 16.1. The van der Waals surface area contributed by atoms with Crippen LogP contribution in [-0.4, -0.2) is 22.3 Å². The average molecular weight is 148 g/mol. The van der Waals surface area contributed by atoms with Gasteiger partial charge in [-0.1, -0.05) is 0 Å². The summed E-state index contributed by atoms with van der Waals surface area (Å²) in [6, 6.07) is 0. The molecule has 5 heteroatoms. The first-order chi connectivity index (χ1) is 4.42. The molecule has 0 amide bonds. The van der Waals surface area contributed by atoms with E-state index in [-0.39, 0.29) is 0 Å². The Morgan fingerprint density at radius 1 is 1.40 bits per heavy atom. The molecule has 10 heavy (non-hydrogen) atoms. The predicted octanol–water partition coefficient (Wildman–Crippen LogP) is 0.113. The van der Waals surface area contributed by atoms with Gasteiger partial charge in [0.1, 0.15) is 0 Å². The molecule has 0 unspecified atom stereocenters. The number of carbonyl (C=O) groups excluding carboxylic acids is 1. The molecule has 0 aromatic rings. The minimum Gasteiger partial charge on any atom is -0.480 e. The van der Waals surface area contributed by atoms with Crippen LogP contribution < -0.4 is 0 Å². The zero-order chi connectivity index (χ0) is 8.36. The van der Waals surface area contributed by atoms with Crippen LogP contribution in [0, 0.1) is 5.41 Å². The lowest BCUT2D eigenvalue weighted by molar-refractivity contribution is -0.244. The topological polar surface area (TPSA) is 83.8 Å². The van der Waals surface area contributed by atoms with Gasteiger partial charge in [-0.3, -0.25) is 9.68 Å². The van der Waals surface area contributed by atoms with Crippen molar-refractivity contribution >= 4 is 11.9 Å². The maximum atomic E-state index is 10.4. The number of hydrogen-bond donors (Lipinski definition) is 2. The predicted molar refractivity (Wildman–Crippen MR) is 30.1 cm³/mol. The van der Waals surface area contributed by atoms with Crippen LogP contribution in [0.4, 0.5) is 0 Å². The summed E-state index contributed by atoms with van der Waals surface area (Å²) in [5.74, 6) is -2.52. The third-order valence-electron chi connectivity index (χ3n) is 1.13. The molecule has 0 saturated carbocycles. The van der Waals surface area contributed by atoms with Crippen molar-refractivity contribution in [1.29, 1.82) is 0 Å². The van der Waals surface area contributed by atoms with E-state index >= 15 is 0 Å². The van der Waals surface area contributed by atoms with Crippen LogP contribution in [0.15, 0.2) is 0 Å². The molecule has 0 aromatic carbocycles. The number of rotatable bonds is 2. The van der Waals surface area contributed by atoms with Gasteiger partial charge in [-0.2, -0.15) is 5.26 Å². The number of carboxylic acid groups (broad SMARTS) is 1. The maximum absolute atomic E-state index is 10.4. The third kappa shape index (κ3) is 1.44. The van der Waals surface area contributed by atoms with Crippen LogP contribution in [0.25, 0.3) is 0 Å². The highest BCUT2D eigenvalue weighted by molar-refractivity contribution is 5.97. The van der Waals surface area contributed by atoms with Gasteiger partial charge < -0.3 is 5.11 Å². The van der Waals surface area contributed by atoms with E-state index < -0.39 is 17.4 Å². The van der Waals surface area contributed by atoms with Gasteiger partial charge in [-0.05, 0) is 13.8 Å². The smallest absolute Gasteiger partial charge is 0.358 e. The average Bonchev–Trinajstić information content (AvgIpc) is 1.86. The zero-order valence-corrected chi connectivity index (χ0v) is 5.62. The number of carbonyl (C=O) groups is 2. The molecule has 2 N–H and O–H groups in total. The molecule has 0 fully saturated rings. The lowest BCUT2D eigenvalue weighted by Gasteiger charge is -2.12. The van der Waals surface area contributed by atoms with E-state index in [1.165, 1.54) is 0 Å². The van der Waals surface area contributed by atoms with Gasteiger partial charge in [0.15, 0.2) is 5.41 Å². The fourth-order valence-corrected chi connectivity index (χ4v) is 0.201. The van der Waals surface area contributed by atoms with Crippen LogP contribution in [0.1, 0.15) is 13.8 Å². The molecule has 0 bridgehead atoms. The Bertz CT molecular complexity index is 159. The Kier molecular flexibility index (Phi) is 2.36. The van der Waals surface area contributed by atoms with Crippen LogP contribution in [-0.2, 0) is 14.5 Å². The van der Waals surface area contributed by atoms with Crippen molar-refractivity contribution in [2.24, 2.45) is 5.41 Å². The van der Waals surface area contributed by atoms with Crippen LogP contribution in [0.5, 0.6) is 0 Å². The normalized spacial score (nSPS) is 10.7. The summed E-state index contributed by atoms with van der Waals surface area (Å²) in [4.78, 5) is 23.9. The van der Waals surface area contributed by atoms with Gasteiger partial charge in [0.2, 0.25) is 0 Å². The Morgan fingerprint density at radius 3 is 1.90 bits per heavy atom. The quantitative estimate of drug-likeness (QED) is 0.330. The second-order valence-corrected chi connectivity index (χ2v) is 2.31. The van der Waals surface area contributed by atoms with Crippen molar-refractivity contribution in [3.63, 3.8) is 0 Å². The zero-order valence-electron chi connectivity index (χ0n) is 5.62. The molecule has 0 aliphatic heterocycles. The first-order valence-electron chi connectivity index (χ1n) is 2.52. The van der Waals surface area contributed by atoms with Crippen molar-refractivity contribution in [1.82, 2.24) is 0 Å². The minimum atomic E-state index is -1.69. The fourth-order valence-electron chi connectivity index (χ4n) is 0.201. The summed E-state index contributed by atoms with van der Waals surface area (Å²) in [5.41, 5.74) is -1.69. The molecule has 0 aromatic heterocycles. The van der Waals surface area contributed by atoms with Gasteiger partial charge in [0.25, 0.3) is 0 Å². The molecule has 5 nitrogen and oxygen atoms in total. The van der Waals surface area contributed by atoms with Gasteiger partial charge >= 0.3 is 11.9 Å². The van der Waals surface area contributed by atoms with Gasteiger partial charge in [-0.15, -0.1) is 0 Å². The van der Waals surface area contributed by atoms with E-state index in [1.807, 2.05) is 0 Å². The lowest BCUT2D eigenvalue weighted by atomic mass is 9.94. The van der Waals surface area contributed by atoms with Gasteiger partial charge in [0, 0.05) is 0 Å². The second kappa shape index (κ2) is 2.66. The van der Waals surface area contributed by atoms with Crippen molar-refractivity contribution in [3.8, 4) is 0 Å². The Hall–Kier alpha value is -1.10. The standard InChI is InChI=1S/C5H8O5/c1-5(2,3(6)7)4(8)10-9/h9H,1-2H3,(H,6,7). The van der Waals surface area contributed by atoms with Crippen LogP contribution in [0.3, 0.4) is 0 Å². The Morgan fingerprint density at radius 2 is 1.80 bits per heavy atom. The molecule has 58 valence electrons. The molecular formula is C5H8O5. The number of carboxylic acids is 1. The minimum absolute atomic E-state index is 1.13. The van der Waals surface area contributed by atoms with Crippen molar-refractivity contribution in [2.45, 2.75) is 13.8 Å². The first-order valence-corrected chi connectivity index (χ1v) is 2.52. The van der Waals surface area contributed by atoms with Gasteiger partial charge in [0.05, 0.1) is 0 Å². The fraction of sp³-hybridized carbons (Fsp3) is 0.600. The summed E-state index contributed by atoms with van der Waals surface area (Å²) >= 11 is 0. The van der Waals surface area contributed by atoms with E-state index in [9.17, 15) is 9.59 Å². The molecule has 0 spiro atoms. The van der Waals surface area contributed by atoms with Crippen LogP contribution >= 0.6 is 0 Å². The molecule has 0 rings (SSSR count). The molecule has 0 saturated heterocycles. The van der Waals surface area contributed by atoms with Crippen molar-refractivity contribution in [3.05, 3.63) is 0 Å². The molecular weight excluding hydrogens is 140 g/mol. The third-order valence-corrected chi connectivity index (χ3v) is 1.13. The van der Waals surface area contributed by atoms with E-state index in [2.05, 4.69) is 4.89 Å². The van der Waals surface area contributed by atoms with E-state index in [0.717, 1.165) is 13.8 Å². The molecule has 0 heterocycles. The summed E-state index contributed by atoms with van der Waals surface area (Å²) in [7, 11) is 0. The lowest BCUT2D eigenvalue weighted by Crippen LogP contribution is -2.34. The molecule has 0 aliphatic rings.